The molecule has 0 radical (unpaired) electrons. The lowest BCUT2D eigenvalue weighted by Crippen LogP contribution is -2.31. The zero-order valence-corrected chi connectivity index (χ0v) is 11.7. The number of likely N-dealkylation sites (N-methyl/N-ethyl adjacent to an activating group) is 1. The maximum atomic E-state index is 4.54. The van der Waals surface area contributed by atoms with E-state index in [4.69, 9.17) is 0 Å². The van der Waals surface area contributed by atoms with Gasteiger partial charge >= 0.3 is 0 Å². The lowest BCUT2D eigenvalue weighted by Gasteiger charge is -2.17. The number of aryl methyl sites for hydroxylation is 1. The quantitative estimate of drug-likeness (QED) is 0.790. The molecule has 2 nitrogen and oxygen atoms in total. The van der Waals surface area contributed by atoms with Gasteiger partial charge in [-0.2, -0.15) is 0 Å². The standard InChI is InChI=1S/C13H24N2S/c1-5-14-12(7-6-10(2)3)8-13-9-16-11(4)15-13/h9-10,12,14H,5-8H2,1-4H3. The van der Waals surface area contributed by atoms with Crippen molar-refractivity contribution >= 4 is 11.3 Å². The molecule has 0 saturated heterocycles. The van der Waals surface area contributed by atoms with Crippen LogP contribution in [0.4, 0.5) is 0 Å². The second-order valence-corrected chi connectivity index (χ2v) is 5.85. The van der Waals surface area contributed by atoms with Crippen LogP contribution in [0.5, 0.6) is 0 Å². The first-order chi connectivity index (χ1) is 7.61. The Kier molecular flexibility index (Phi) is 5.99. The van der Waals surface area contributed by atoms with Crippen LogP contribution in [0.2, 0.25) is 0 Å². The number of aromatic nitrogens is 1. The van der Waals surface area contributed by atoms with Crippen molar-refractivity contribution < 1.29 is 0 Å². The molecule has 1 heterocycles. The minimum absolute atomic E-state index is 0.592. The zero-order chi connectivity index (χ0) is 12.0. The highest BCUT2D eigenvalue weighted by Crippen LogP contribution is 2.14. The van der Waals surface area contributed by atoms with Gasteiger partial charge in [-0.05, 0) is 32.2 Å². The van der Waals surface area contributed by atoms with Crippen molar-refractivity contribution in [1.82, 2.24) is 10.3 Å². The predicted octanol–water partition coefficient (Wildman–Crippen LogP) is 3.41. The van der Waals surface area contributed by atoms with Gasteiger partial charge in [0.1, 0.15) is 0 Å². The van der Waals surface area contributed by atoms with Gasteiger partial charge in [-0.1, -0.05) is 20.8 Å². The Morgan fingerprint density at radius 3 is 2.62 bits per heavy atom. The van der Waals surface area contributed by atoms with Gasteiger partial charge in [0.05, 0.1) is 10.7 Å². The van der Waals surface area contributed by atoms with Gasteiger partial charge in [-0.25, -0.2) is 4.98 Å². The average Bonchev–Trinajstić information content (AvgIpc) is 2.61. The fraction of sp³-hybridized carbons (Fsp3) is 0.769. The van der Waals surface area contributed by atoms with E-state index in [1.165, 1.54) is 23.5 Å². The molecule has 1 aromatic heterocycles. The fourth-order valence-electron chi connectivity index (χ4n) is 1.85. The lowest BCUT2D eigenvalue weighted by molar-refractivity contribution is 0.432. The van der Waals surface area contributed by atoms with Crippen molar-refractivity contribution in [3.63, 3.8) is 0 Å². The van der Waals surface area contributed by atoms with Gasteiger partial charge in [-0.15, -0.1) is 11.3 Å². The van der Waals surface area contributed by atoms with Gasteiger partial charge < -0.3 is 5.32 Å². The molecule has 0 spiro atoms. The Labute approximate surface area is 103 Å². The van der Waals surface area contributed by atoms with Crippen LogP contribution >= 0.6 is 11.3 Å². The molecule has 0 saturated carbocycles. The number of hydrogen-bond acceptors (Lipinski definition) is 3. The number of thiazole rings is 1. The van der Waals surface area contributed by atoms with Crippen molar-refractivity contribution in [2.75, 3.05) is 6.54 Å². The van der Waals surface area contributed by atoms with Crippen LogP contribution in [0.25, 0.3) is 0 Å². The summed E-state index contributed by atoms with van der Waals surface area (Å²) in [6.07, 6.45) is 3.62. The van der Waals surface area contributed by atoms with Crippen molar-refractivity contribution in [3.05, 3.63) is 16.1 Å². The van der Waals surface area contributed by atoms with E-state index in [0.717, 1.165) is 18.9 Å². The topological polar surface area (TPSA) is 24.9 Å². The number of nitrogens with zero attached hydrogens (tertiary/aromatic N) is 1. The summed E-state index contributed by atoms with van der Waals surface area (Å²) in [5.74, 6) is 0.790. The largest absolute Gasteiger partial charge is 0.314 e. The van der Waals surface area contributed by atoms with Gasteiger partial charge in [0, 0.05) is 17.8 Å². The van der Waals surface area contributed by atoms with Crippen LogP contribution in [-0.2, 0) is 6.42 Å². The van der Waals surface area contributed by atoms with E-state index in [9.17, 15) is 0 Å². The smallest absolute Gasteiger partial charge is 0.0897 e. The minimum atomic E-state index is 0.592. The molecule has 1 aromatic rings. The van der Waals surface area contributed by atoms with E-state index in [1.807, 2.05) is 0 Å². The van der Waals surface area contributed by atoms with Crippen LogP contribution in [0.3, 0.4) is 0 Å². The molecule has 1 N–H and O–H groups in total. The number of hydrogen-bond donors (Lipinski definition) is 1. The van der Waals surface area contributed by atoms with Crippen molar-refractivity contribution in [2.45, 2.75) is 53.0 Å². The maximum Gasteiger partial charge on any atom is 0.0897 e. The normalized spacial score (nSPS) is 13.3. The molecule has 3 heteroatoms. The Bertz CT molecular complexity index is 294. The van der Waals surface area contributed by atoms with Crippen LogP contribution in [-0.4, -0.2) is 17.6 Å². The highest BCUT2D eigenvalue weighted by Gasteiger charge is 2.11. The molecule has 1 unspecified atom stereocenters. The number of rotatable bonds is 7. The Hall–Kier alpha value is -0.410. The van der Waals surface area contributed by atoms with Crippen molar-refractivity contribution in [2.24, 2.45) is 5.92 Å². The molecule has 0 bridgehead atoms. The van der Waals surface area contributed by atoms with Crippen LogP contribution in [0, 0.1) is 12.8 Å². The van der Waals surface area contributed by atoms with Crippen LogP contribution < -0.4 is 5.32 Å². The molecule has 0 aliphatic carbocycles. The summed E-state index contributed by atoms with van der Waals surface area (Å²) in [5, 5.41) is 6.92. The summed E-state index contributed by atoms with van der Waals surface area (Å²) in [5.41, 5.74) is 1.25. The Morgan fingerprint density at radius 2 is 2.12 bits per heavy atom. The third kappa shape index (κ3) is 5.08. The first-order valence-electron chi connectivity index (χ1n) is 6.26. The summed E-state index contributed by atoms with van der Waals surface area (Å²) >= 11 is 1.75. The Balaban J connectivity index is 2.43. The molecule has 0 aromatic carbocycles. The molecular weight excluding hydrogens is 216 g/mol. The first-order valence-corrected chi connectivity index (χ1v) is 7.14. The highest BCUT2D eigenvalue weighted by molar-refractivity contribution is 7.09. The average molecular weight is 240 g/mol. The second kappa shape index (κ2) is 7.02. The van der Waals surface area contributed by atoms with E-state index in [1.54, 1.807) is 11.3 Å². The molecule has 0 amide bonds. The monoisotopic (exact) mass is 240 g/mol. The molecule has 0 aliphatic heterocycles. The van der Waals surface area contributed by atoms with E-state index < -0.39 is 0 Å². The molecular formula is C13H24N2S. The molecule has 92 valence electrons. The fourth-order valence-corrected chi connectivity index (χ4v) is 2.48. The third-order valence-corrected chi connectivity index (χ3v) is 3.53. The highest BCUT2D eigenvalue weighted by atomic mass is 32.1. The van der Waals surface area contributed by atoms with Gasteiger partial charge in [0.25, 0.3) is 0 Å². The number of nitrogens with one attached hydrogen (secondary N) is 1. The molecule has 0 fully saturated rings. The van der Waals surface area contributed by atoms with E-state index in [2.05, 4.69) is 43.4 Å². The van der Waals surface area contributed by atoms with Gasteiger partial charge in [-0.3, -0.25) is 0 Å². The molecule has 16 heavy (non-hydrogen) atoms. The summed E-state index contributed by atoms with van der Waals surface area (Å²) in [6.45, 7) is 9.87. The lowest BCUT2D eigenvalue weighted by atomic mass is 10.0. The van der Waals surface area contributed by atoms with Crippen LogP contribution in [0.1, 0.15) is 44.3 Å². The third-order valence-electron chi connectivity index (χ3n) is 2.71. The Morgan fingerprint density at radius 1 is 1.38 bits per heavy atom. The SMILES string of the molecule is CCNC(CCC(C)C)Cc1csc(C)n1. The summed E-state index contributed by atoms with van der Waals surface area (Å²) in [4.78, 5) is 4.54. The van der Waals surface area contributed by atoms with Gasteiger partial charge in [0.15, 0.2) is 0 Å². The molecule has 1 atom stereocenters. The van der Waals surface area contributed by atoms with Crippen LogP contribution in [0.15, 0.2) is 5.38 Å². The van der Waals surface area contributed by atoms with Crippen molar-refractivity contribution in [1.29, 1.82) is 0 Å². The van der Waals surface area contributed by atoms with Gasteiger partial charge in [0.2, 0.25) is 0 Å². The predicted molar refractivity (Wildman–Crippen MR) is 72.1 cm³/mol. The van der Waals surface area contributed by atoms with E-state index >= 15 is 0 Å². The minimum Gasteiger partial charge on any atom is -0.314 e. The first kappa shape index (κ1) is 13.7. The molecule has 1 rings (SSSR count). The maximum absolute atomic E-state index is 4.54. The summed E-state index contributed by atoms with van der Waals surface area (Å²) < 4.78 is 0. The van der Waals surface area contributed by atoms with E-state index in [0.29, 0.717) is 6.04 Å². The zero-order valence-electron chi connectivity index (χ0n) is 10.9. The molecule has 0 aliphatic rings. The summed E-state index contributed by atoms with van der Waals surface area (Å²) in [6, 6.07) is 0.592. The van der Waals surface area contributed by atoms with E-state index in [-0.39, 0.29) is 0 Å². The second-order valence-electron chi connectivity index (χ2n) is 4.79. The summed E-state index contributed by atoms with van der Waals surface area (Å²) in [7, 11) is 0. The van der Waals surface area contributed by atoms with Crippen molar-refractivity contribution in [3.8, 4) is 0 Å².